The van der Waals surface area contributed by atoms with Gasteiger partial charge < -0.3 is 4.74 Å². The van der Waals surface area contributed by atoms with E-state index >= 15 is 0 Å². The predicted molar refractivity (Wildman–Crippen MR) is 62.8 cm³/mol. The van der Waals surface area contributed by atoms with Crippen LogP contribution in [0.3, 0.4) is 0 Å². The Morgan fingerprint density at radius 2 is 2.19 bits per heavy atom. The van der Waals surface area contributed by atoms with Gasteiger partial charge in [-0.25, -0.2) is 4.39 Å². The molecule has 0 unspecified atom stereocenters. The first-order valence-electron chi connectivity index (χ1n) is 5.23. The van der Waals surface area contributed by atoms with E-state index in [1.807, 2.05) is 11.9 Å². The highest BCUT2D eigenvalue weighted by Gasteiger charge is 2.01. The third-order valence-electron chi connectivity index (χ3n) is 2.14. The average Bonchev–Trinajstić information content (AvgIpc) is 2.27. The zero-order valence-corrected chi connectivity index (χ0v) is 9.45. The average molecular weight is 221 g/mol. The van der Waals surface area contributed by atoms with Gasteiger partial charge in [0.1, 0.15) is 0 Å². The molecule has 1 aromatic carbocycles. The van der Waals surface area contributed by atoms with Crippen LogP contribution < -0.4 is 4.74 Å². The van der Waals surface area contributed by atoms with Crippen molar-refractivity contribution in [3.05, 3.63) is 30.1 Å². The molecule has 0 spiro atoms. The van der Waals surface area contributed by atoms with Gasteiger partial charge in [0.25, 0.3) is 0 Å². The summed E-state index contributed by atoms with van der Waals surface area (Å²) in [5.41, 5.74) is 0. The number of nitrogens with zero attached hydrogens (tertiary/aromatic N) is 1. The minimum atomic E-state index is -0.320. The molecule has 86 valence electrons. The summed E-state index contributed by atoms with van der Waals surface area (Å²) in [7, 11) is 1.95. The first-order valence-corrected chi connectivity index (χ1v) is 5.23. The molecule has 0 bridgehead atoms. The van der Waals surface area contributed by atoms with Gasteiger partial charge in [-0.1, -0.05) is 18.1 Å². The molecule has 16 heavy (non-hydrogen) atoms. The molecule has 0 heterocycles. The van der Waals surface area contributed by atoms with Gasteiger partial charge in [-0.15, -0.1) is 6.42 Å². The van der Waals surface area contributed by atoms with E-state index in [1.54, 1.807) is 18.2 Å². The van der Waals surface area contributed by atoms with Crippen LogP contribution in [0.15, 0.2) is 24.3 Å². The summed E-state index contributed by atoms with van der Waals surface area (Å²) in [5, 5.41) is 0. The van der Waals surface area contributed by atoms with E-state index in [4.69, 9.17) is 11.2 Å². The summed E-state index contributed by atoms with van der Waals surface area (Å²) in [6.45, 7) is 1.97. The molecule has 0 fully saturated rings. The van der Waals surface area contributed by atoms with Gasteiger partial charge in [-0.3, -0.25) is 4.90 Å². The van der Waals surface area contributed by atoms with Crippen molar-refractivity contribution in [3.63, 3.8) is 0 Å². The molecular formula is C13H16FNO. The van der Waals surface area contributed by atoms with Crippen molar-refractivity contribution in [2.24, 2.45) is 0 Å². The third kappa shape index (κ3) is 4.33. The maximum Gasteiger partial charge on any atom is 0.165 e. The van der Waals surface area contributed by atoms with Crippen LogP contribution in [0.5, 0.6) is 5.75 Å². The number of halogens is 1. The topological polar surface area (TPSA) is 12.5 Å². The summed E-state index contributed by atoms with van der Waals surface area (Å²) in [4.78, 5) is 2.02. The Hall–Kier alpha value is -1.53. The Labute approximate surface area is 96.0 Å². The van der Waals surface area contributed by atoms with Crippen molar-refractivity contribution in [1.29, 1.82) is 0 Å². The van der Waals surface area contributed by atoms with Crippen LogP contribution in [0.4, 0.5) is 4.39 Å². The van der Waals surface area contributed by atoms with Gasteiger partial charge in [0, 0.05) is 6.54 Å². The van der Waals surface area contributed by atoms with E-state index in [1.165, 1.54) is 6.07 Å². The Bertz CT molecular complexity index is 359. The Morgan fingerprint density at radius 3 is 2.88 bits per heavy atom. The zero-order chi connectivity index (χ0) is 11.8. The highest BCUT2D eigenvalue weighted by atomic mass is 19.1. The first kappa shape index (κ1) is 12.5. The summed E-state index contributed by atoms with van der Waals surface area (Å²) >= 11 is 0. The molecule has 1 rings (SSSR count). The Kier molecular flexibility index (Phi) is 5.38. The predicted octanol–water partition coefficient (Wildman–Crippen LogP) is 2.16. The number of rotatable bonds is 6. The lowest BCUT2D eigenvalue weighted by molar-refractivity contribution is 0.265. The quantitative estimate of drug-likeness (QED) is 0.539. The minimum absolute atomic E-state index is 0.308. The number of hydrogen-bond donors (Lipinski definition) is 0. The molecule has 0 saturated heterocycles. The molecule has 0 N–H and O–H groups in total. The van der Waals surface area contributed by atoms with Gasteiger partial charge in [0.05, 0.1) is 13.2 Å². The molecule has 0 aliphatic heterocycles. The van der Waals surface area contributed by atoms with E-state index in [9.17, 15) is 4.39 Å². The van der Waals surface area contributed by atoms with Crippen LogP contribution in [0.2, 0.25) is 0 Å². The lowest BCUT2D eigenvalue weighted by atomic mass is 10.3. The standard InChI is InChI=1S/C13H16FNO/c1-3-9-15(2)10-6-11-16-13-8-5-4-7-12(13)14/h1,4-5,7-8H,6,9-11H2,2H3. The molecular weight excluding hydrogens is 205 g/mol. The van der Waals surface area contributed by atoms with Gasteiger partial charge >= 0.3 is 0 Å². The fraction of sp³-hybridized carbons (Fsp3) is 0.385. The lowest BCUT2D eigenvalue weighted by Gasteiger charge is -2.13. The number of terminal acetylenes is 1. The summed E-state index contributed by atoms with van der Waals surface area (Å²) in [6.07, 6.45) is 6.00. The fourth-order valence-electron chi connectivity index (χ4n) is 1.31. The van der Waals surface area contributed by atoms with Crippen molar-refractivity contribution < 1.29 is 9.13 Å². The largest absolute Gasteiger partial charge is 0.490 e. The van der Waals surface area contributed by atoms with E-state index in [0.717, 1.165) is 13.0 Å². The van der Waals surface area contributed by atoms with Crippen LogP contribution in [0, 0.1) is 18.2 Å². The second-order valence-corrected chi connectivity index (χ2v) is 3.57. The summed E-state index contributed by atoms with van der Waals surface area (Å²) in [5.74, 6) is 2.55. The molecule has 0 amide bonds. The fourth-order valence-corrected chi connectivity index (χ4v) is 1.31. The summed E-state index contributed by atoms with van der Waals surface area (Å²) in [6, 6.07) is 6.41. The van der Waals surface area contributed by atoms with Gasteiger partial charge in [0.2, 0.25) is 0 Å². The van der Waals surface area contributed by atoms with Crippen LogP contribution in [0.1, 0.15) is 6.42 Å². The molecule has 3 heteroatoms. The highest BCUT2D eigenvalue weighted by molar-refractivity contribution is 5.23. The molecule has 0 radical (unpaired) electrons. The first-order chi connectivity index (χ1) is 7.74. The van der Waals surface area contributed by atoms with Crippen molar-refractivity contribution >= 4 is 0 Å². The molecule has 0 aliphatic carbocycles. The Morgan fingerprint density at radius 1 is 1.44 bits per heavy atom. The Balaban J connectivity index is 2.22. The molecule has 2 nitrogen and oxygen atoms in total. The SMILES string of the molecule is C#CCN(C)CCCOc1ccccc1F. The zero-order valence-electron chi connectivity index (χ0n) is 9.45. The summed E-state index contributed by atoms with van der Waals surface area (Å²) < 4.78 is 18.4. The van der Waals surface area contributed by atoms with E-state index in [0.29, 0.717) is 18.9 Å². The maximum atomic E-state index is 13.1. The van der Waals surface area contributed by atoms with Crippen molar-refractivity contribution in [1.82, 2.24) is 4.90 Å². The van der Waals surface area contributed by atoms with Crippen LogP contribution >= 0.6 is 0 Å². The number of ether oxygens (including phenoxy) is 1. The maximum absolute atomic E-state index is 13.1. The van der Waals surface area contributed by atoms with E-state index < -0.39 is 0 Å². The van der Waals surface area contributed by atoms with Crippen molar-refractivity contribution in [2.45, 2.75) is 6.42 Å². The smallest absolute Gasteiger partial charge is 0.165 e. The van der Waals surface area contributed by atoms with Gasteiger partial charge in [0.15, 0.2) is 11.6 Å². The number of hydrogen-bond acceptors (Lipinski definition) is 2. The van der Waals surface area contributed by atoms with E-state index in [2.05, 4.69) is 5.92 Å². The molecule has 0 saturated carbocycles. The monoisotopic (exact) mass is 221 g/mol. The molecule has 0 atom stereocenters. The van der Waals surface area contributed by atoms with Crippen molar-refractivity contribution in [3.8, 4) is 18.1 Å². The normalized spacial score (nSPS) is 10.1. The van der Waals surface area contributed by atoms with E-state index in [-0.39, 0.29) is 5.82 Å². The van der Waals surface area contributed by atoms with Crippen molar-refractivity contribution in [2.75, 3.05) is 26.7 Å². The van der Waals surface area contributed by atoms with Crippen LogP contribution in [-0.2, 0) is 0 Å². The number of para-hydroxylation sites is 1. The third-order valence-corrected chi connectivity index (χ3v) is 2.14. The van der Waals surface area contributed by atoms with Gasteiger partial charge in [-0.05, 0) is 25.6 Å². The second kappa shape index (κ2) is 6.86. The highest BCUT2D eigenvalue weighted by Crippen LogP contribution is 2.15. The lowest BCUT2D eigenvalue weighted by Crippen LogP contribution is -2.21. The molecule has 0 aromatic heterocycles. The van der Waals surface area contributed by atoms with Crippen LogP contribution in [-0.4, -0.2) is 31.6 Å². The molecule has 0 aliphatic rings. The molecule has 1 aromatic rings. The van der Waals surface area contributed by atoms with Crippen LogP contribution in [0.25, 0.3) is 0 Å². The minimum Gasteiger partial charge on any atom is -0.490 e. The second-order valence-electron chi connectivity index (χ2n) is 3.57. The number of benzene rings is 1. The van der Waals surface area contributed by atoms with Gasteiger partial charge in [-0.2, -0.15) is 0 Å².